The predicted molar refractivity (Wildman–Crippen MR) is 101 cm³/mol. The van der Waals surface area contributed by atoms with Crippen molar-refractivity contribution in [3.8, 4) is 0 Å². The maximum atomic E-state index is 12.3. The highest BCUT2D eigenvalue weighted by Crippen LogP contribution is 2.20. The highest BCUT2D eigenvalue weighted by atomic mass is 16.2. The maximum absolute atomic E-state index is 12.3. The summed E-state index contributed by atoms with van der Waals surface area (Å²) in [5.74, 6) is -1.25. The number of hydrogen-bond acceptors (Lipinski definition) is 3. The second-order valence-corrected chi connectivity index (χ2v) is 6.65. The molecular formula is C21H23N3O3. The third kappa shape index (κ3) is 4.73. The Morgan fingerprint density at radius 2 is 1.70 bits per heavy atom. The van der Waals surface area contributed by atoms with E-state index in [1.54, 1.807) is 17.0 Å². The van der Waals surface area contributed by atoms with Crippen LogP contribution in [0.1, 0.15) is 34.8 Å². The maximum Gasteiger partial charge on any atom is 0.269 e. The fraction of sp³-hybridized carbons (Fsp3) is 0.286. The highest BCUT2D eigenvalue weighted by Gasteiger charge is 2.34. The van der Waals surface area contributed by atoms with E-state index in [9.17, 15) is 14.4 Å². The van der Waals surface area contributed by atoms with Gasteiger partial charge in [0.1, 0.15) is 0 Å². The van der Waals surface area contributed by atoms with Gasteiger partial charge in [0.05, 0.1) is 5.92 Å². The van der Waals surface area contributed by atoms with Crippen LogP contribution in [0.3, 0.4) is 0 Å². The zero-order valence-corrected chi connectivity index (χ0v) is 15.3. The number of carbonyl (C=O) groups excluding carboxylic acids is 3. The van der Waals surface area contributed by atoms with E-state index in [1.807, 2.05) is 49.4 Å². The minimum Gasteiger partial charge on any atom is -0.338 e. The molecule has 0 aromatic heterocycles. The molecule has 2 aromatic rings. The summed E-state index contributed by atoms with van der Waals surface area (Å²) < 4.78 is 0. The summed E-state index contributed by atoms with van der Waals surface area (Å²) in [5, 5.41) is 0. The molecule has 2 aromatic carbocycles. The lowest BCUT2D eigenvalue weighted by Crippen LogP contribution is -2.45. The molecule has 140 valence electrons. The van der Waals surface area contributed by atoms with Crippen LogP contribution in [0.15, 0.2) is 54.6 Å². The second kappa shape index (κ2) is 8.49. The van der Waals surface area contributed by atoms with Gasteiger partial charge in [0.25, 0.3) is 5.91 Å². The average Bonchev–Trinajstić information content (AvgIpc) is 3.07. The standard InChI is InChI=1S/C21H23N3O3/c1-2-15-8-10-17(11-9-15)20(26)22-23-21(27)18-12-19(25)24(14-18)13-16-6-4-3-5-7-16/h3-11,18H,2,12-14H2,1H3,(H,22,26)(H,23,27)/t18-/m0/s1. The summed E-state index contributed by atoms with van der Waals surface area (Å²) in [5.41, 5.74) is 7.50. The normalized spacial score (nSPS) is 16.3. The molecule has 0 radical (unpaired) electrons. The number of benzene rings is 2. The SMILES string of the molecule is CCc1ccc(C(=O)NNC(=O)[C@H]2CC(=O)N(Cc3ccccc3)C2)cc1. The molecule has 0 saturated carbocycles. The summed E-state index contributed by atoms with van der Waals surface area (Å²) in [4.78, 5) is 38.3. The monoisotopic (exact) mass is 365 g/mol. The van der Waals surface area contributed by atoms with Crippen molar-refractivity contribution in [2.75, 3.05) is 6.54 Å². The molecule has 1 heterocycles. The van der Waals surface area contributed by atoms with Gasteiger partial charge in [-0.25, -0.2) is 0 Å². The number of nitrogens with one attached hydrogen (secondary N) is 2. The van der Waals surface area contributed by atoms with Gasteiger partial charge in [-0.05, 0) is 29.7 Å². The van der Waals surface area contributed by atoms with Gasteiger partial charge < -0.3 is 4.90 Å². The molecule has 27 heavy (non-hydrogen) atoms. The Hall–Kier alpha value is -3.15. The quantitative estimate of drug-likeness (QED) is 0.796. The Bertz CT molecular complexity index is 818. The van der Waals surface area contributed by atoms with Crippen molar-refractivity contribution in [1.82, 2.24) is 15.8 Å². The molecule has 1 fully saturated rings. The van der Waals surface area contributed by atoms with Crippen molar-refractivity contribution in [1.29, 1.82) is 0 Å². The Morgan fingerprint density at radius 3 is 2.37 bits per heavy atom. The van der Waals surface area contributed by atoms with Gasteiger partial charge in [0.15, 0.2) is 0 Å². The van der Waals surface area contributed by atoms with E-state index >= 15 is 0 Å². The van der Waals surface area contributed by atoms with Crippen LogP contribution in [0, 0.1) is 5.92 Å². The number of hydrogen-bond donors (Lipinski definition) is 2. The van der Waals surface area contributed by atoms with Crippen molar-refractivity contribution in [3.63, 3.8) is 0 Å². The lowest BCUT2D eigenvalue weighted by Gasteiger charge is -2.16. The Labute approximate surface area is 158 Å². The van der Waals surface area contributed by atoms with E-state index in [0.717, 1.165) is 17.5 Å². The molecule has 2 N–H and O–H groups in total. The molecule has 3 amide bonds. The van der Waals surface area contributed by atoms with Gasteiger partial charge >= 0.3 is 0 Å². The van der Waals surface area contributed by atoms with E-state index in [4.69, 9.17) is 0 Å². The second-order valence-electron chi connectivity index (χ2n) is 6.65. The minimum atomic E-state index is -0.469. The molecule has 3 rings (SSSR count). The summed E-state index contributed by atoms with van der Waals surface area (Å²) in [6, 6.07) is 16.9. The zero-order chi connectivity index (χ0) is 19.2. The van der Waals surface area contributed by atoms with Gasteiger partial charge in [0.2, 0.25) is 11.8 Å². The van der Waals surface area contributed by atoms with E-state index in [2.05, 4.69) is 10.9 Å². The predicted octanol–water partition coefficient (Wildman–Crippen LogP) is 2.06. The summed E-state index contributed by atoms with van der Waals surface area (Å²) in [6.45, 7) is 2.87. The number of carbonyl (C=O) groups is 3. The molecular weight excluding hydrogens is 342 g/mol. The lowest BCUT2D eigenvalue weighted by molar-refractivity contribution is -0.129. The molecule has 6 heteroatoms. The van der Waals surface area contributed by atoms with E-state index in [0.29, 0.717) is 18.7 Å². The first-order chi connectivity index (χ1) is 13.1. The van der Waals surface area contributed by atoms with E-state index < -0.39 is 5.92 Å². The molecule has 1 atom stereocenters. The van der Waals surface area contributed by atoms with E-state index in [1.165, 1.54) is 0 Å². The van der Waals surface area contributed by atoms with Crippen molar-refractivity contribution in [2.24, 2.45) is 5.92 Å². The topological polar surface area (TPSA) is 78.5 Å². The number of likely N-dealkylation sites (tertiary alicyclic amines) is 1. The van der Waals surface area contributed by atoms with Gasteiger partial charge in [-0.1, -0.05) is 49.4 Å². The summed E-state index contributed by atoms with van der Waals surface area (Å²) in [6.07, 6.45) is 1.05. The smallest absolute Gasteiger partial charge is 0.269 e. The van der Waals surface area contributed by atoms with Crippen molar-refractivity contribution < 1.29 is 14.4 Å². The summed E-state index contributed by atoms with van der Waals surface area (Å²) in [7, 11) is 0. The van der Waals surface area contributed by atoms with Gasteiger partial charge in [-0.2, -0.15) is 0 Å². The van der Waals surface area contributed by atoms with Crippen molar-refractivity contribution in [3.05, 3.63) is 71.3 Å². The largest absolute Gasteiger partial charge is 0.338 e. The van der Waals surface area contributed by atoms with Crippen LogP contribution in [0.25, 0.3) is 0 Å². The first-order valence-electron chi connectivity index (χ1n) is 9.07. The molecule has 6 nitrogen and oxygen atoms in total. The average molecular weight is 365 g/mol. The van der Waals surface area contributed by atoms with Crippen LogP contribution < -0.4 is 10.9 Å². The van der Waals surface area contributed by atoms with Crippen molar-refractivity contribution in [2.45, 2.75) is 26.3 Å². The third-order valence-corrected chi connectivity index (χ3v) is 4.73. The molecule has 0 bridgehead atoms. The molecule has 1 saturated heterocycles. The van der Waals surface area contributed by atoms with Gasteiger partial charge in [0, 0.05) is 25.1 Å². The fourth-order valence-electron chi connectivity index (χ4n) is 3.09. The molecule has 0 unspecified atom stereocenters. The van der Waals surface area contributed by atoms with E-state index in [-0.39, 0.29) is 24.1 Å². The molecule has 0 spiro atoms. The first kappa shape index (κ1) is 18.6. The van der Waals surface area contributed by atoms with Gasteiger partial charge in [-0.15, -0.1) is 0 Å². The Kier molecular flexibility index (Phi) is 5.86. The number of aryl methyl sites for hydroxylation is 1. The van der Waals surface area contributed by atoms with Crippen LogP contribution in [0.2, 0.25) is 0 Å². The molecule has 0 aliphatic carbocycles. The molecule has 1 aliphatic heterocycles. The Balaban J connectivity index is 1.50. The first-order valence-corrected chi connectivity index (χ1v) is 9.07. The number of hydrazine groups is 1. The van der Waals surface area contributed by atoms with Crippen LogP contribution in [0.5, 0.6) is 0 Å². The molecule has 1 aliphatic rings. The minimum absolute atomic E-state index is 0.0551. The number of nitrogens with zero attached hydrogens (tertiary/aromatic N) is 1. The Morgan fingerprint density at radius 1 is 1.00 bits per heavy atom. The third-order valence-electron chi connectivity index (χ3n) is 4.73. The lowest BCUT2D eigenvalue weighted by atomic mass is 10.1. The van der Waals surface area contributed by atoms with Crippen LogP contribution >= 0.6 is 0 Å². The fourth-order valence-corrected chi connectivity index (χ4v) is 3.09. The number of amides is 3. The van der Waals surface area contributed by atoms with Crippen LogP contribution in [0.4, 0.5) is 0 Å². The van der Waals surface area contributed by atoms with Crippen molar-refractivity contribution >= 4 is 17.7 Å². The zero-order valence-electron chi connectivity index (χ0n) is 15.3. The van der Waals surface area contributed by atoms with Crippen LogP contribution in [-0.2, 0) is 22.6 Å². The number of rotatable bonds is 5. The summed E-state index contributed by atoms with van der Waals surface area (Å²) >= 11 is 0. The van der Waals surface area contributed by atoms with Gasteiger partial charge in [-0.3, -0.25) is 25.2 Å². The highest BCUT2D eigenvalue weighted by molar-refractivity contribution is 5.96. The van der Waals surface area contributed by atoms with Crippen LogP contribution in [-0.4, -0.2) is 29.2 Å².